The average molecular weight is 351 g/mol. The zero-order valence-corrected chi connectivity index (χ0v) is 12.7. The van der Waals surface area contributed by atoms with Crippen molar-refractivity contribution in [2.24, 2.45) is 5.73 Å². The summed E-state index contributed by atoms with van der Waals surface area (Å²) in [5.41, 5.74) is 7.05. The lowest BCUT2D eigenvalue weighted by atomic mass is 10.0. The third-order valence-corrected chi connectivity index (χ3v) is 4.98. The van der Waals surface area contributed by atoms with E-state index in [0.29, 0.717) is 10.0 Å². The summed E-state index contributed by atoms with van der Waals surface area (Å²) in [5, 5.41) is 3.14. The second kappa shape index (κ2) is 5.72. The zero-order valence-electron chi connectivity index (χ0n) is 8.79. The molecule has 5 heteroatoms. The van der Waals surface area contributed by atoms with Gasteiger partial charge in [-0.3, -0.25) is 0 Å². The van der Waals surface area contributed by atoms with Gasteiger partial charge in [-0.05, 0) is 33.6 Å². The summed E-state index contributed by atoms with van der Waals surface area (Å²) < 4.78 is 1.09. The van der Waals surface area contributed by atoms with Crippen LogP contribution in [0.3, 0.4) is 0 Å². The Kier molecular flexibility index (Phi) is 4.50. The van der Waals surface area contributed by atoms with Crippen LogP contribution in [0.1, 0.15) is 16.5 Å². The van der Waals surface area contributed by atoms with E-state index in [0.717, 1.165) is 16.5 Å². The molecule has 2 rings (SSSR count). The maximum Gasteiger partial charge on any atom is 0.0640 e. The second-order valence-corrected chi connectivity index (χ2v) is 6.38. The molecule has 0 spiro atoms. The number of thiophene rings is 1. The van der Waals surface area contributed by atoms with Gasteiger partial charge in [0.2, 0.25) is 0 Å². The highest BCUT2D eigenvalue weighted by atomic mass is 79.9. The van der Waals surface area contributed by atoms with Crippen molar-refractivity contribution in [1.29, 1.82) is 0 Å². The number of nitrogens with two attached hydrogens (primary N) is 1. The van der Waals surface area contributed by atoms with E-state index in [1.165, 1.54) is 4.88 Å². The number of rotatable bonds is 3. The van der Waals surface area contributed by atoms with Gasteiger partial charge in [0.25, 0.3) is 0 Å². The van der Waals surface area contributed by atoms with Gasteiger partial charge in [0.15, 0.2) is 0 Å². The topological polar surface area (TPSA) is 26.0 Å². The van der Waals surface area contributed by atoms with Gasteiger partial charge in [-0.15, -0.1) is 11.3 Å². The van der Waals surface area contributed by atoms with Gasteiger partial charge in [-0.1, -0.05) is 35.3 Å². The molecule has 0 amide bonds. The Balaban J connectivity index is 2.20. The molecule has 1 unspecified atom stereocenters. The molecule has 0 saturated carbocycles. The van der Waals surface area contributed by atoms with Crippen LogP contribution in [-0.2, 0) is 6.42 Å². The van der Waals surface area contributed by atoms with Crippen LogP contribution in [0.4, 0.5) is 0 Å². The molecule has 0 saturated heterocycles. The summed E-state index contributed by atoms with van der Waals surface area (Å²) in [6.45, 7) is 0. The molecule has 1 aromatic carbocycles. The average Bonchev–Trinajstić information content (AvgIpc) is 2.68. The fraction of sp³-hybridized carbons (Fsp3) is 0.167. The minimum Gasteiger partial charge on any atom is -0.324 e. The molecule has 0 aliphatic carbocycles. The van der Waals surface area contributed by atoms with Crippen molar-refractivity contribution >= 4 is 50.5 Å². The van der Waals surface area contributed by atoms with Crippen molar-refractivity contribution in [2.45, 2.75) is 12.5 Å². The molecule has 2 aromatic rings. The molecular formula is C12H10BrCl2NS. The molecule has 0 aliphatic heterocycles. The smallest absolute Gasteiger partial charge is 0.0640 e. The maximum atomic E-state index is 6.15. The first-order chi connectivity index (χ1) is 8.08. The van der Waals surface area contributed by atoms with Crippen molar-refractivity contribution in [2.75, 3.05) is 0 Å². The van der Waals surface area contributed by atoms with E-state index in [4.69, 9.17) is 28.9 Å². The minimum atomic E-state index is -0.133. The zero-order chi connectivity index (χ0) is 12.4. The molecule has 0 aliphatic rings. The second-order valence-electron chi connectivity index (χ2n) is 3.68. The van der Waals surface area contributed by atoms with Crippen LogP contribution in [-0.4, -0.2) is 0 Å². The van der Waals surface area contributed by atoms with E-state index < -0.39 is 0 Å². The van der Waals surface area contributed by atoms with Gasteiger partial charge in [-0.2, -0.15) is 0 Å². The first-order valence-electron chi connectivity index (χ1n) is 5.00. The highest BCUT2D eigenvalue weighted by Crippen LogP contribution is 2.31. The third-order valence-electron chi connectivity index (χ3n) is 2.42. The van der Waals surface area contributed by atoms with Gasteiger partial charge in [0, 0.05) is 27.2 Å². The molecule has 0 radical (unpaired) electrons. The Bertz CT molecular complexity index is 527. The SMILES string of the molecule is NC(Cc1cc(Br)cs1)c1cccc(Cl)c1Cl. The fourth-order valence-corrected chi connectivity index (χ4v) is 3.55. The van der Waals surface area contributed by atoms with Crippen molar-refractivity contribution in [3.63, 3.8) is 0 Å². The number of benzene rings is 1. The molecular weight excluding hydrogens is 341 g/mol. The summed E-state index contributed by atoms with van der Waals surface area (Å²) in [5.74, 6) is 0. The minimum absolute atomic E-state index is 0.133. The van der Waals surface area contributed by atoms with E-state index in [2.05, 4.69) is 22.0 Å². The van der Waals surface area contributed by atoms with E-state index in [-0.39, 0.29) is 6.04 Å². The number of halogens is 3. The number of hydrogen-bond donors (Lipinski definition) is 1. The van der Waals surface area contributed by atoms with E-state index >= 15 is 0 Å². The molecule has 1 nitrogen and oxygen atoms in total. The summed E-state index contributed by atoms with van der Waals surface area (Å²) in [6.07, 6.45) is 0.760. The first-order valence-corrected chi connectivity index (χ1v) is 7.43. The van der Waals surface area contributed by atoms with E-state index in [1.54, 1.807) is 17.4 Å². The summed E-state index contributed by atoms with van der Waals surface area (Å²) in [4.78, 5) is 1.22. The monoisotopic (exact) mass is 349 g/mol. The van der Waals surface area contributed by atoms with Crippen molar-refractivity contribution in [1.82, 2.24) is 0 Å². The molecule has 1 aromatic heterocycles. The molecule has 1 atom stereocenters. The van der Waals surface area contributed by atoms with Gasteiger partial charge < -0.3 is 5.73 Å². The van der Waals surface area contributed by atoms with Crippen molar-refractivity contribution in [3.8, 4) is 0 Å². The van der Waals surface area contributed by atoms with Crippen LogP contribution < -0.4 is 5.73 Å². The number of hydrogen-bond acceptors (Lipinski definition) is 2. The Morgan fingerprint density at radius 2 is 2.12 bits per heavy atom. The summed E-state index contributed by atoms with van der Waals surface area (Å²) in [7, 11) is 0. The molecule has 0 bridgehead atoms. The summed E-state index contributed by atoms with van der Waals surface area (Å²) >= 11 is 17.2. The van der Waals surface area contributed by atoms with Gasteiger partial charge in [-0.25, -0.2) is 0 Å². The molecule has 17 heavy (non-hydrogen) atoms. The molecule has 1 heterocycles. The Labute approximate surface area is 123 Å². The van der Waals surface area contributed by atoms with Crippen molar-refractivity contribution in [3.05, 3.63) is 54.6 Å². The Morgan fingerprint density at radius 3 is 2.76 bits per heavy atom. The highest BCUT2D eigenvalue weighted by molar-refractivity contribution is 9.10. The Morgan fingerprint density at radius 1 is 1.35 bits per heavy atom. The standard InChI is InChI=1S/C12H10BrCl2NS/c13-7-4-8(17-6-7)5-11(16)9-2-1-3-10(14)12(9)15/h1-4,6,11H,5,16H2. The van der Waals surface area contributed by atoms with Gasteiger partial charge >= 0.3 is 0 Å². The molecule has 0 fully saturated rings. The van der Waals surface area contributed by atoms with Crippen molar-refractivity contribution < 1.29 is 0 Å². The quantitative estimate of drug-likeness (QED) is 0.822. The Hall–Kier alpha value is -0.0600. The van der Waals surface area contributed by atoms with Crippen LogP contribution in [0.15, 0.2) is 34.1 Å². The lowest BCUT2D eigenvalue weighted by molar-refractivity contribution is 0.730. The summed E-state index contributed by atoms with van der Waals surface area (Å²) in [6, 6.07) is 7.49. The predicted molar refractivity (Wildman–Crippen MR) is 79.1 cm³/mol. The van der Waals surface area contributed by atoms with E-state index in [1.807, 2.05) is 17.5 Å². The van der Waals surface area contributed by atoms with Crippen LogP contribution >= 0.6 is 50.5 Å². The maximum absolute atomic E-state index is 6.15. The van der Waals surface area contributed by atoms with Gasteiger partial charge in [0.05, 0.1) is 10.0 Å². The lowest BCUT2D eigenvalue weighted by Crippen LogP contribution is -2.13. The van der Waals surface area contributed by atoms with E-state index in [9.17, 15) is 0 Å². The molecule has 90 valence electrons. The largest absolute Gasteiger partial charge is 0.324 e. The van der Waals surface area contributed by atoms with Crippen LogP contribution in [0, 0.1) is 0 Å². The van der Waals surface area contributed by atoms with Crippen LogP contribution in [0.25, 0.3) is 0 Å². The van der Waals surface area contributed by atoms with Gasteiger partial charge in [0.1, 0.15) is 0 Å². The fourth-order valence-electron chi connectivity index (χ4n) is 1.59. The normalized spacial score (nSPS) is 12.7. The first kappa shape index (κ1) is 13.4. The molecule has 2 N–H and O–H groups in total. The lowest BCUT2D eigenvalue weighted by Gasteiger charge is -2.13. The van der Waals surface area contributed by atoms with Crippen LogP contribution in [0.5, 0.6) is 0 Å². The van der Waals surface area contributed by atoms with Crippen LogP contribution in [0.2, 0.25) is 10.0 Å². The highest BCUT2D eigenvalue weighted by Gasteiger charge is 2.13. The predicted octanol–water partition coefficient (Wildman–Crippen LogP) is 5.06. The third kappa shape index (κ3) is 3.24.